The monoisotopic (exact) mass is 388 g/mol. The fourth-order valence-corrected chi connectivity index (χ4v) is 4.24. The van der Waals surface area contributed by atoms with Crippen LogP contribution >= 0.6 is 6.72 Å². The minimum absolute atomic E-state index is 0.0935. The molecule has 0 aromatic heterocycles. The lowest BCUT2D eigenvalue weighted by Crippen LogP contribution is -2.38. The van der Waals surface area contributed by atoms with E-state index in [1.807, 2.05) is 0 Å². The zero-order chi connectivity index (χ0) is 18.6. The number of aliphatic hydroxyl groups excluding tert-OH is 1. The van der Waals surface area contributed by atoms with Crippen molar-refractivity contribution in [1.82, 2.24) is 0 Å². The van der Waals surface area contributed by atoms with E-state index in [9.17, 15) is 10.00 Å². The standard InChI is InChI=1S/C12H21B3O8PS/c1-18-4-8-11(10(16)12(13)22-8)23-24(17,25)20-5-7-6(19-2)3-9(15-14)21-7/h6-12,16H,3-5H2,1-2H3,(H,17,25)/p-1/t6-,7-,8-,9-,10?,11+,12-,24?/m1/s1. The maximum Gasteiger partial charge on any atom is 0.120 e. The molecule has 0 aliphatic carbocycles. The van der Waals surface area contributed by atoms with E-state index in [1.165, 1.54) is 21.4 Å². The van der Waals surface area contributed by atoms with Crippen molar-refractivity contribution in [2.75, 3.05) is 27.4 Å². The van der Waals surface area contributed by atoms with Gasteiger partial charge in [0.1, 0.15) is 39.0 Å². The Hall–Kier alpha value is 0.525. The van der Waals surface area contributed by atoms with Crippen LogP contribution in [-0.4, -0.2) is 97.8 Å². The molecule has 0 saturated carbocycles. The molecule has 0 bridgehead atoms. The second kappa shape index (κ2) is 9.64. The van der Waals surface area contributed by atoms with Gasteiger partial charge in [-0.05, 0) is 6.42 Å². The van der Waals surface area contributed by atoms with E-state index in [2.05, 4.69) is 0 Å². The summed E-state index contributed by atoms with van der Waals surface area (Å²) in [5.41, 5.74) is 0. The Morgan fingerprint density at radius 3 is 2.64 bits per heavy atom. The van der Waals surface area contributed by atoms with Gasteiger partial charge in [-0.15, -0.1) is 0 Å². The van der Waals surface area contributed by atoms with E-state index >= 15 is 0 Å². The Bertz CT molecular complexity index is 478. The van der Waals surface area contributed by atoms with Crippen molar-refractivity contribution >= 4 is 41.3 Å². The second-order valence-corrected chi connectivity index (χ2v) is 8.52. The van der Waals surface area contributed by atoms with Gasteiger partial charge in [-0.1, -0.05) is 11.8 Å². The summed E-state index contributed by atoms with van der Waals surface area (Å²) in [6.07, 6.45) is -3.13. The van der Waals surface area contributed by atoms with Gasteiger partial charge in [0.15, 0.2) is 0 Å². The lowest BCUT2D eigenvalue weighted by atomic mass is 9.51. The molecular formula is C12H20B3O8PS-. The van der Waals surface area contributed by atoms with Crippen LogP contribution in [0, 0.1) is 0 Å². The first-order chi connectivity index (χ1) is 11.8. The van der Waals surface area contributed by atoms with Crippen LogP contribution in [0.1, 0.15) is 6.42 Å². The molecule has 5 radical (unpaired) electrons. The molecule has 2 rings (SSSR count). The minimum atomic E-state index is -3.93. The van der Waals surface area contributed by atoms with Crippen molar-refractivity contribution in [3.63, 3.8) is 0 Å². The van der Waals surface area contributed by atoms with E-state index in [1.54, 1.807) is 0 Å². The maximum absolute atomic E-state index is 12.5. The summed E-state index contributed by atoms with van der Waals surface area (Å²) in [7, 11) is 15.5. The Morgan fingerprint density at radius 1 is 1.32 bits per heavy atom. The molecule has 0 amide bonds. The summed E-state index contributed by atoms with van der Waals surface area (Å²) in [6.45, 7) is -3.94. The third kappa shape index (κ3) is 5.75. The second-order valence-electron chi connectivity index (χ2n) is 5.81. The molecule has 0 aromatic rings. The Balaban J connectivity index is 1.91. The van der Waals surface area contributed by atoms with Crippen LogP contribution in [0.15, 0.2) is 0 Å². The SMILES string of the molecule is [B][B][C@H]1C[C@@H](OC)[C@@H](COP([O-])(=S)O[C@@H]2C(O)[C@H]([B])O[C@@H]2COC)O1. The summed E-state index contributed by atoms with van der Waals surface area (Å²) in [5, 5.41) is 10.0. The number of hydrogen-bond acceptors (Lipinski definition) is 9. The summed E-state index contributed by atoms with van der Waals surface area (Å²) >= 11 is 4.91. The first kappa shape index (κ1) is 21.8. The van der Waals surface area contributed by atoms with Gasteiger partial charge in [0, 0.05) is 34.0 Å². The Kier molecular flexibility index (Phi) is 8.41. The average molecular weight is 388 g/mol. The van der Waals surface area contributed by atoms with Crippen LogP contribution in [0.4, 0.5) is 0 Å². The zero-order valence-corrected chi connectivity index (χ0v) is 15.8. The van der Waals surface area contributed by atoms with Gasteiger partial charge in [0.25, 0.3) is 0 Å². The van der Waals surface area contributed by atoms with Crippen LogP contribution in [-0.2, 0) is 39.8 Å². The highest BCUT2D eigenvalue weighted by Gasteiger charge is 2.43. The Labute approximate surface area is 156 Å². The smallest absolute Gasteiger partial charge is 0.120 e. The van der Waals surface area contributed by atoms with Gasteiger partial charge < -0.3 is 38.0 Å². The fraction of sp³-hybridized carbons (Fsp3) is 1.00. The number of aliphatic hydroxyl groups is 1. The molecule has 137 valence electrons. The van der Waals surface area contributed by atoms with Gasteiger partial charge >= 0.3 is 0 Å². The van der Waals surface area contributed by atoms with E-state index in [4.69, 9.17) is 55.4 Å². The molecule has 1 N–H and O–H groups in total. The number of rotatable bonds is 9. The van der Waals surface area contributed by atoms with Crippen molar-refractivity contribution in [2.24, 2.45) is 0 Å². The predicted octanol–water partition coefficient (Wildman–Crippen LogP) is -2.21. The first-order valence-corrected chi connectivity index (χ1v) is 10.3. The fourth-order valence-electron chi connectivity index (χ4n) is 2.81. The maximum atomic E-state index is 12.5. The predicted molar refractivity (Wildman–Crippen MR) is 93.0 cm³/mol. The van der Waals surface area contributed by atoms with Gasteiger partial charge in [-0.25, -0.2) is 0 Å². The molecule has 2 aliphatic rings. The molecule has 8 nitrogen and oxygen atoms in total. The van der Waals surface area contributed by atoms with Crippen LogP contribution < -0.4 is 4.89 Å². The highest BCUT2D eigenvalue weighted by Crippen LogP contribution is 2.44. The largest absolute Gasteiger partial charge is 0.780 e. The zero-order valence-electron chi connectivity index (χ0n) is 14.1. The molecule has 0 spiro atoms. The van der Waals surface area contributed by atoms with Crippen LogP contribution in [0.5, 0.6) is 0 Å². The summed E-state index contributed by atoms with van der Waals surface area (Å²) in [6, 6.07) is -1.27. The molecule has 13 heteroatoms. The van der Waals surface area contributed by atoms with Gasteiger partial charge in [-0.3, -0.25) is 0 Å². The molecule has 2 saturated heterocycles. The lowest BCUT2D eigenvalue weighted by molar-refractivity contribution is -0.217. The van der Waals surface area contributed by atoms with E-state index < -0.39 is 37.1 Å². The number of hydrogen-bond donors (Lipinski definition) is 1. The van der Waals surface area contributed by atoms with E-state index in [0.29, 0.717) is 6.42 Å². The van der Waals surface area contributed by atoms with Gasteiger partial charge in [0.2, 0.25) is 0 Å². The molecule has 2 fully saturated rings. The molecule has 0 aromatic carbocycles. The van der Waals surface area contributed by atoms with Crippen LogP contribution in [0.25, 0.3) is 0 Å². The molecule has 2 unspecified atom stereocenters. The van der Waals surface area contributed by atoms with Crippen molar-refractivity contribution in [3.8, 4) is 0 Å². The highest BCUT2D eigenvalue weighted by molar-refractivity contribution is 8.06. The van der Waals surface area contributed by atoms with E-state index in [0.717, 1.165) is 0 Å². The highest BCUT2D eigenvalue weighted by atomic mass is 32.5. The quantitative estimate of drug-likeness (QED) is 0.349. The number of ether oxygens (including phenoxy) is 4. The third-order valence-electron chi connectivity index (χ3n) is 4.10. The normalized spacial score (nSPS) is 40.9. The minimum Gasteiger partial charge on any atom is -0.780 e. The van der Waals surface area contributed by atoms with Crippen molar-refractivity contribution < 1.29 is 38.0 Å². The third-order valence-corrected chi connectivity index (χ3v) is 5.64. The van der Waals surface area contributed by atoms with Crippen molar-refractivity contribution in [1.29, 1.82) is 0 Å². The lowest BCUT2D eigenvalue weighted by Gasteiger charge is -2.34. The van der Waals surface area contributed by atoms with E-state index in [-0.39, 0.29) is 25.3 Å². The molecular weight excluding hydrogens is 368 g/mol. The molecule has 25 heavy (non-hydrogen) atoms. The Morgan fingerprint density at radius 2 is 2.04 bits per heavy atom. The first-order valence-electron chi connectivity index (χ1n) is 7.76. The van der Waals surface area contributed by atoms with Gasteiger partial charge in [0.05, 0.1) is 26.5 Å². The topological polar surface area (TPSA) is 98.7 Å². The van der Waals surface area contributed by atoms with Crippen molar-refractivity contribution in [2.45, 2.75) is 48.9 Å². The summed E-state index contributed by atoms with van der Waals surface area (Å²) in [4.78, 5) is 12.5. The van der Waals surface area contributed by atoms with Crippen LogP contribution in [0.3, 0.4) is 0 Å². The van der Waals surface area contributed by atoms with Crippen molar-refractivity contribution in [3.05, 3.63) is 0 Å². The summed E-state index contributed by atoms with van der Waals surface area (Å²) < 4.78 is 31.7. The van der Waals surface area contributed by atoms with Crippen LogP contribution in [0.2, 0.25) is 0 Å². The molecule has 8 atom stereocenters. The summed E-state index contributed by atoms with van der Waals surface area (Å²) in [5.74, 6) is 0. The molecule has 2 heterocycles. The number of methoxy groups -OCH3 is 2. The average Bonchev–Trinajstić information content (AvgIpc) is 3.09. The van der Waals surface area contributed by atoms with Gasteiger partial charge in [-0.2, -0.15) is 0 Å². The molecule has 2 aliphatic heterocycles.